The topological polar surface area (TPSA) is 50.5 Å². The van der Waals surface area contributed by atoms with E-state index in [1.807, 2.05) is 30.5 Å². The predicted molar refractivity (Wildman–Crippen MR) is 105 cm³/mol. The molecule has 1 aromatic heterocycles. The molecule has 0 fully saturated rings. The first-order valence-corrected chi connectivity index (χ1v) is 10.4. The van der Waals surface area contributed by atoms with Gasteiger partial charge < -0.3 is 9.32 Å². The molecule has 3 aromatic rings. The average molecular weight is 397 g/mol. The number of rotatable bonds is 4. The summed E-state index contributed by atoms with van der Waals surface area (Å²) in [6.07, 6.45) is 5.69. The van der Waals surface area contributed by atoms with Crippen LogP contribution in [0.25, 0.3) is 6.08 Å². The highest BCUT2D eigenvalue weighted by molar-refractivity contribution is 7.91. The van der Waals surface area contributed by atoms with Gasteiger partial charge in [-0.2, -0.15) is 0 Å². The maximum absolute atomic E-state index is 13.7. The highest BCUT2D eigenvalue weighted by atomic mass is 32.2. The zero-order chi connectivity index (χ0) is 19.9. The Kier molecular flexibility index (Phi) is 4.59. The van der Waals surface area contributed by atoms with Gasteiger partial charge in [0.05, 0.1) is 22.6 Å². The van der Waals surface area contributed by atoms with Crippen LogP contribution in [0.1, 0.15) is 28.0 Å². The van der Waals surface area contributed by atoms with Gasteiger partial charge in [0.25, 0.3) is 0 Å². The van der Waals surface area contributed by atoms with Crippen LogP contribution in [0.5, 0.6) is 0 Å². The van der Waals surface area contributed by atoms with E-state index < -0.39 is 15.7 Å². The average Bonchev–Trinajstić information content (AvgIpc) is 3.13. The first-order valence-electron chi connectivity index (χ1n) is 8.94. The van der Waals surface area contributed by atoms with Crippen molar-refractivity contribution >= 4 is 15.9 Å². The second-order valence-corrected chi connectivity index (χ2v) is 8.95. The van der Waals surface area contributed by atoms with E-state index in [4.69, 9.17) is 4.42 Å². The molecule has 0 saturated heterocycles. The minimum absolute atomic E-state index is 0.142. The van der Waals surface area contributed by atoms with Crippen molar-refractivity contribution in [2.75, 3.05) is 0 Å². The molecule has 0 bridgehead atoms. The van der Waals surface area contributed by atoms with Crippen molar-refractivity contribution < 1.29 is 17.2 Å². The van der Waals surface area contributed by atoms with Crippen LogP contribution in [0.3, 0.4) is 0 Å². The lowest BCUT2D eigenvalue weighted by Crippen LogP contribution is -2.18. The van der Waals surface area contributed by atoms with Crippen LogP contribution >= 0.6 is 0 Å². The molecule has 0 aliphatic carbocycles. The van der Waals surface area contributed by atoms with Gasteiger partial charge in [-0.1, -0.05) is 12.1 Å². The number of benzene rings is 2. The van der Waals surface area contributed by atoms with Crippen LogP contribution in [-0.4, -0.2) is 13.3 Å². The number of sulfone groups is 1. The van der Waals surface area contributed by atoms with E-state index in [0.717, 1.165) is 16.9 Å². The summed E-state index contributed by atoms with van der Waals surface area (Å²) < 4.78 is 45.1. The van der Waals surface area contributed by atoms with Crippen LogP contribution in [0.2, 0.25) is 0 Å². The summed E-state index contributed by atoms with van der Waals surface area (Å²) in [5.74, 6) is 0.518. The number of fused-ring (bicyclic) bond motifs is 1. The normalized spacial score (nSPS) is 13.6. The Labute approximate surface area is 163 Å². The highest BCUT2D eigenvalue weighted by Gasteiger charge is 2.21. The SMILES string of the molecule is Cc1cc(S(=O)(=O)c2ccc(CN3C=Cc4ccoc4C3)cc2)c(C)cc1F. The van der Waals surface area contributed by atoms with Gasteiger partial charge in [-0.25, -0.2) is 12.8 Å². The molecule has 0 atom stereocenters. The molecule has 144 valence electrons. The van der Waals surface area contributed by atoms with Crippen molar-refractivity contribution in [1.29, 1.82) is 0 Å². The van der Waals surface area contributed by atoms with Crippen LogP contribution in [-0.2, 0) is 22.9 Å². The molecule has 0 unspecified atom stereocenters. The lowest BCUT2D eigenvalue weighted by molar-refractivity contribution is 0.319. The quantitative estimate of drug-likeness (QED) is 0.590. The van der Waals surface area contributed by atoms with E-state index in [2.05, 4.69) is 4.90 Å². The van der Waals surface area contributed by atoms with Crippen molar-refractivity contribution in [1.82, 2.24) is 4.90 Å². The Morgan fingerprint density at radius 3 is 2.57 bits per heavy atom. The van der Waals surface area contributed by atoms with E-state index in [0.29, 0.717) is 24.2 Å². The summed E-state index contributed by atoms with van der Waals surface area (Å²) in [7, 11) is -3.70. The first kappa shape index (κ1) is 18.5. The van der Waals surface area contributed by atoms with Crippen molar-refractivity contribution in [3.63, 3.8) is 0 Å². The largest absolute Gasteiger partial charge is 0.467 e. The van der Waals surface area contributed by atoms with Gasteiger partial charge in [-0.15, -0.1) is 0 Å². The molecular formula is C22H20FNO3S. The Hall–Kier alpha value is -2.86. The zero-order valence-electron chi connectivity index (χ0n) is 15.6. The third-order valence-corrected chi connectivity index (χ3v) is 6.87. The molecule has 28 heavy (non-hydrogen) atoms. The molecule has 2 aromatic carbocycles. The van der Waals surface area contributed by atoms with Gasteiger partial charge >= 0.3 is 0 Å². The van der Waals surface area contributed by atoms with Crippen LogP contribution in [0.4, 0.5) is 4.39 Å². The Morgan fingerprint density at radius 2 is 1.82 bits per heavy atom. The number of halogens is 1. The molecule has 0 N–H and O–H groups in total. The Morgan fingerprint density at radius 1 is 1.07 bits per heavy atom. The van der Waals surface area contributed by atoms with Gasteiger partial charge in [0.1, 0.15) is 11.6 Å². The third-order valence-electron chi connectivity index (χ3n) is 4.96. The van der Waals surface area contributed by atoms with Crippen molar-refractivity contribution in [3.8, 4) is 0 Å². The summed E-state index contributed by atoms with van der Waals surface area (Å²) in [4.78, 5) is 2.44. The molecule has 4 nitrogen and oxygen atoms in total. The zero-order valence-corrected chi connectivity index (χ0v) is 16.5. The van der Waals surface area contributed by atoms with Gasteiger partial charge in [-0.3, -0.25) is 0 Å². The van der Waals surface area contributed by atoms with E-state index >= 15 is 0 Å². The molecule has 1 aliphatic heterocycles. The number of hydrogen-bond donors (Lipinski definition) is 0. The maximum Gasteiger partial charge on any atom is 0.206 e. The summed E-state index contributed by atoms with van der Waals surface area (Å²) in [6, 6.07) is 11.4. The van der Waals surface area contributed by atoms with Crippen LogP contribution < -0.4 is 0 Å². The van der Waals surface area contributed by atoms with Crippen molar-refractivity contribution in [2.45, 2.75) is 36.7 Å². The lowest BCUT2D eigenvalue weighted by Gasteiger charge is -2.22. The number of hydrogen-bond acceptors (Lipinski definition) is 4. The monoisotopic (exact) mass is 397 g/mol. The van der Waals surface area contributed by atoms with E-state index in [9.17, 15) is 12.8 Å². The summed E-state index contributed by atoms with van der Waals surface area (Å²) in [5.41, 5.74) is 2.79. The van der Waals surface area contributed by atoms with E-state index in [-0.39, 0.29) is 9.79 Å². The fourth-order valence-corrected chi connectivity index (χ4v) is 4.90. The molecule has 0 amide bonds. The Balaban J connectivity index is 1.55. The van der Waals surface area contributed by atoms with Crippen LogP contribution in [0, 0.1) is 19.7 Å². The smallest absolute Gasteiger partial charge is 0.206 e. The van der Waals surface area contributed by atoms with Gasteiger partial charge in [0.15, 0.2) is 0 Å². The number of aryl methyl sites for hydroxylation is 2. The predicted octanol–water partition coefficient (Wildman–Crippen LogP) is 4.85. The molecule has 0 saturated carbocycles. The second kappa shape index (κ2) is 6.95. The van der Waals surface area contributed by atoms with E-state index in [1.54, 1.807) is 32.2 Å². The molecule has 0 spiro atoms. The maximum atomic E-state index is 13.7. The Bertz CT molecular complexity index is 1160. The highest BCUT2D eigenvalue weighted by Crippen LogP contribution is 2.27. The molecular weight excluding hydrogens is 377 g/mol. The van der Waals surface area contributed by atoms with Gasteiger partial charge in [0, 0.05) is 18.3 Å². The van der Waals surface area contributed by atoms with E-state index in [1.165, 1.54) is 12.1 Å². The molecule has 1 aliphatic rings. The first-order chi connectivity index (χ1) is 13.3. The summed E-state index contributed by atoms with van der Waals surface area (Å²) >= 11 is 0. The van der Waals surface area contributed by atoms with Crippen molar-refractivity contribution in [3.05, 3.63) is 88.8 Å². The molecule has 2 heterocycles. The third kappa shape index (κ3) is 3.36. The fraction of sp³-hybridized carbons (Fsp3) is 0.182. The minimum atomic E-state index is -3.70. The number of furan rings is 1. The standard InChI is InChI=1S/C22H20FNO3S/c1-15-12-22(16(2)11-20(15)23)28(25,26)19-5-3-17(4-6-19)13-24-9-7-18-8-10-27-21(18)14-24/h3-12H,13-14H2,1-2H3. The van der Waals surface area contributed by atoms with Crippen LogP contribution in [0.15, 0.2) is 69.1 Å². The van der Waals surface area contributed by atoms with Gasteiger partial charge in [0.2, 0.25) is 9.84 Å². The molecule has 0 radical (unpaired) electrons. The summed E-state index contributed by atoms with van der Waals surface area (Å²) in [5, 5.41) is 0. The number of nitrogens with zero attached hydrogens (tertiary/aromatic N) is 1. The van der Waals surface area contributed by atoms with Gasteiger partial charge in [-0.05, 0) is 66.9 Å². The second-order valence-electron chi connectivity index (χ2n) is 7.03. The lowest BCUT2D eigenvalue weighted by atomic mass is 10.1. The van der Waals surface area contributed by atoms with Crippen molar-refractivity contribution in [2.24, 2.45) is 0 Å². The summed E-state index contributed by atoms with van der Waals surface area (Å²) in [6.45, 7) is 4.49. The molecule has 4 rings (SSSR count). The fourth-order valence-electron chi connectivity index (χ4n) is 3.34. The molecule has 6 heteroatoms. The minimum Gasteiger partial charge on any atom is -0.467 e.